The predicted octanol–water partition coefficient (Wildman–Crippen LogP) is 8.94. The van der Waals surface area contributed by atoms with Crippen molar-refractivity contribution in [1.29, 1.82) is 0 Å². The first-order chi connectivity index (χ1) is 26.5. The van der Waals surface area contributed by atoms with E-state index >= 15 is 0 Å². The van der Waals surface area contributed by atoms with Crippen molar-refractivity contribution in [3.63, 3.8) is 0 Å². The molecule has 0 N–H and O–H groups in total. The number of ketones is 1. The molecule has 1 aliphatic heterocycles. The molecular weight excluding hydrogens is 714 g/mol. The van der Waals surface area contributed by atoms with Gasteiger partial charge in [-0.1, -0.05) is 111 Å². The second-order valence-corrected chi connectivity index (χ2v) is 15.3. The Balaban J connectivity index is 0.998. The predicted molar refractivity (Wildman–Crippen MR) is 219 cm³/mol. The maximum atomic E-state index is 13.9. The topological polar surface area (TPSA) is 120 Å². The highest BCUT2D eigenvalue weighted by Crippen LogP contribution is 2.42. The second-order valence-electron chi connectivity index (χ2n) is 14.9. The van der Waals surface area contributed by atoms with Crippen molar-refractivity contribution in [2.24, 2.45) is 14.1 Å². The number of unbranched alkanes of at least 4 members (excludes halogenated alkanes) is 7. The lowest BCUT2D eigenvalue weighted by molar-refractivity contribution is -0.384. The van der Waals surface area contributed by atoms with Crippen molar-refractivity contribution in [1.82, 2.24) is 19.0 Å². The van der Waals surface area contributed by atoms with Crippen molar-refractivity contribution in [2.45, 2.75) is 83.0 Å². The summed E-state index contributed by atoms with van der Waals surface area (Å²) in [6.07, 6.45) is 10.9. The molecule has 5 aromatic rings. The van der Waals surface area contributed by atoms with E-state index in [2.05, 4.69) is 70.5 Å². The lowest BCUT2D eigenvalue weighted by Gasteiger charge is -2.43. The Hall–Kier alpha value is -4.93. The Morgan fingerprint density at radius 3 is 1.96 bits per heavy atom. The molecule has 0 bridgehead atoms. The molecule has 0 amide bonds. The minimum Gasteiger partial charge on any atom is -0.303 e. The molecule has 288 valence electrons. The molecule has 0 saturated carbocycles. The summed E-state index contributed by atoms with van der Waals surface area (Å²) in [7, 11) is 2.84. The molecule has 1 saturated heterocycles. The fourth-order valence-corrected chi connectivity index (χ4v) is 8.57. The molecule has 2 aromatic heterocycles. The number of benzene rings is 3. The third-order valence-corrected chi connectivity index (χ3v) is 11.8. The summed E-state index contributed by atoms with van der Waals surface area (Å²) in [4.78, 5) is 58.5. The zero-order valence-electron chi connectivity index (χ0n) is 32.1. The van der Waals surface area contributed by atoms with Gasteiger partial charge in [0.1, 0.15) is 5.65 Å². The summed E-state index contributed by atoms with van der Waals surface area (Å²) in [5.41, 5.74) is 2.43. The third kappa shape index (κ3) is 8.50. The summed E-state index contributed by atoms with van der Waals surface area (Å²) >= 11 is 6.59. The average molecular weight is 764 g/mol. The number of rotatable bonds is 16. The van der Waals surface area contributed by atoms with Gasteiger partial charge in [-0.15, -0.1) is 0 Å². The van der Waals surface area contributed by atoms with Crippen LogP contribution in [0, 0.1) is 17.0 Å². The Morgan fingerprint density at radius 1 is 0.818 bits per heavy atom. The van der Waals surface area contributed by atoms with Crippen LogP contribution in [0.1, 0.15) is 97.8 Å². The lowest BCUT2D eigenvalue weighted by atomic mass is 9.68. The Bertz CT molecular complexity index is 2240. The first kappa shape index (κ1) is 39.8. The van der Waals surface area contributed by atoms with Crippen molar-refractivity contribution in [3.8, 4) is 11.1 Å². The quantitative estimate of drug-likeness (QED) is 0.0426. The van der Waals surface area contributed by atoms with Crippen LogP contribution in [0.4, 0.5) is 5.69 Å². The van der Waals surface area contributed by atoms with Gasteiger partial charge in [0.05, 0.1) is 16.0 Å². The Kier molecular flexibility index (Phi) is 12.8. The van der Waals surface area contributed by atoms with E-state index in [1.807, 2.05) is 0 Å². The van der Waals surface area contributed by atoms with Gasteiger partial charge in [0.25, 0.3) is 11.2 Å². The van der Waals surface area contributed by atoms with Crippen LogP contribution in [0.5, 0.6) is 0 Å². The normalized spacial score (nSPS) is 14.3. The molecule has 0 radical (unpaired) electrons. The molecule has 0 aliphatic carbocycles. The maximum Gasteiger partial charge on any atom is 0.332 e. The molecule has 11 heteroatoms. The van der Waals surface area contributed by atoms with Gasteiger partial charge in [0.15, 0.2) is 5.78 Å². The Morgan fingerprint density at radius 2 is 1.38 bits per heavy atom. The van der Waals surface area contributed by atoms with Crippen molar-refractivity contribution in [2.75, 3.05) is 19.6 Å². The van der Waals surface area contributed by atoms with E-state index < -0.39 is 16.2 Å². The van der Waals surface area contributed by atoms with E-state index in [9.17, 15) is 24.5 Å². The molecule has 10 nitrogen and oxygen atoms in total. The van der Waals surface area contributed by atoms with Crippen LogP contribution in [-0.2, 0) is 19.5 Å². The van der Waals surface area contributed by atoms with Gasteiger partial charge in [-0.2, -0.15) is 0 Å². The summed E-state index contributed by atoms with van der Waals surface area (Å²) < 4.78 is 2.18. The van der Waals surface area contributed by atoms with Gasteiger partial charge in [0, 0.05) is 59.8 Å². The first-order valence-electron chi connectivity index (χ1n) is 19.4. The van der Waals surface area contributed by atoms with Crippen molar-refractivity contribution < 1.29 is 9.72 Å². The van der Waals surface area contributed by atoms with Crippen LogP contribution >= 0.6 is 11.6 Å². The van der Waals surface area contributed by atoms with Gasteiger partial charge in [0.2, 0.25) is 0 Å². The number of halogens is 1. The molecule has 1 fully saturated rings. The zero-order chi connectivity index (χ0) is 39.1. The summed E-state index contributed by atoms with van der Waals surface area (Å²) in [5.74, 6) is -0.220. The highest BCUT2D eigenvalue weighted by Gasteiger charge is 2.37. The van der Waals surface area contributed by atoms with E-state index in [0.717, 1.165) is 62.7 Å². The number of nitro groups is 1. The molecule has 3 aromatic carbocycles. The number of nitro benzene ring substituents is 1. The molecular formula is C44H50ClN5O5. The second kappa shape index (κ2) is 17.7. The smallest absolute Gasteiger partial charge is 0.303 e. The van der Waals surface area contributed by atoms with E-state index in [0.29, 0.717) is 12.1 Å². The standard InChI is InChI=1S/C44H50ClN5O5/c1-31-38(39(35-30-34(50(54)55)23-24-36(35)45)40-41(46-31)47(2)43(53)48(3)42(40)52)37(51)22-16-8-6-4-5-7-9-17-27-49-28-25-44(26-29-49,32-18-12-10-13-19-32)33-20-14-11-15-21-33/h10-15,18-21,23-24,30H,4-9,16-17,22,25-29H2,1-3H3. The number of non-ortho nitro benzene ring substituents is 1. The van der Waals surface area contributed by atoms with Crippen molar-refractivity contribution in [3.05, 3.63) is 137 Å². The molecule has 0 atom stereocenters. The van der Waals surface area contributed by atoms with Crippen LogP contribution in [0.25, 0.3) is 22.2 Å². The van der Waals surface area contributed by atoms with E-state index in [1.165, 1.54) is 67.3 Å². The number of nitrogens with zero attached hydrogens (tertiary/aromatic N) is 5. The van der Waals surface area contributed by atoms with Gasteiger partial charge >= 0.3 is 5.69 Å². The summed E-state index contributed by atoms with van der Waals surface area (Å²) in [6, 6.07) is 25.9. The fraction of sp³-hybridized carbons (Fsp3) is 0.409. The molecule has 0 unspecified atom stereocenters. The van der Waals surface area contributed by atoms with Gasteiger partial charge in [-0.05, 0) is 69.4 Å². The Labute approximate surface area is 326 Å². The number of aryl methyl sites for hydroxylation is 2. The lowest BCUT2D eigenvalue weighted by Crippen LogP contribution is -2.43. The number of fused-ring (bicyclic) bond motifs is 1. The number of hydrogen-bond donors (Lipinski definition) is 0. The van der Waals surface area contributed by atoms with Crippen LogP contribution < -0.4 is 11.2 Å². The summed E-state index contributed by atoms with van der Waals surface area (Å²) in [5, 5.41) is 11.9. The number of piperidine rings is 1. The van der Waals surface area contributed by atoms with E-state index in [-0.39, 0.29) is 56.1 Å². The molecule has 0 spiro atoms. The minimum absolute atomic E-state index is 0.0220. The van der Waals surface area contributed by atoms with Gasteiger partial charge < -0.3 is 4.90 Å². The highest BCUT2D eigenvalue weighted by atomic mass is 35.5. The average Bonchev–Trinajstić information content (AvgIpc) is 3.20. The number of likely N-dealkylation sites (tertiary alicyclic amines) is 1. The van der Waals surface area contributed by atoms with Gasteiger partial charge in [-0.25, -0.2) is 9.78 Å². The third-order valence-electron chi connectivity index (χ3n) is 11.5. The van der Waals surface area contributed by atoms with Crippen LogP contribution in [-0.4, -0.2) is 49.4 Å². The van der Waals surface area contributed by atoms with Crippen LogP contribution in [0.2, 0.25) is 5.02 Å². The SMILES string of the molecule is Cc1nc2c(c(-c3cc([N+](=O)[O-])ccc3Cl)c1C(=O)CCCCCCCCCCN1CCC(c3ccccc3)(c3ccccc3)CC1)c(=O)n(C)c(=O)n2C. The zero-order valence-corrected chi connectivity index (χ0v) is 32.8. The number of carbonyl (C=O) groups excluding carboxylic acids is 1. The van der Waals surface area contributed by atoms with E-state index in [4.69, 9.17) is 11.6 Å². The van der Waals surface area contributed by atoms with Crippen molar-refractivity contribution >= 4 is 34.1 Å². The molecule has 1 aliphatic rings. The fourth-order valence-electron chi connectivity index (χ4n) is 8.36. The van der Waals surface area contributed by atoms with E-state index in [1.54, 1.807) is 6.92 Å². The van der Waals surface area contributed by atoms with Gasteiger partial charge in [-0.3, -0.25) is 28.8 Å². The highest BCUT2D eigenvalue weighted by molar-refractivity contribution is 6.34. The van der Waals surface area contributed by atoms with Crippen LogP contribution in [0.15, 0.2) is 88.5 Å². The monoisotopic (exact) mass is 763 g/mol. The largest absolute Gasteiger partial charge is 0.332 e. The number of Topliss-reactive ketones (excluding diaryl/α,β-unsaturated/α-hetero) is 1. The molecule has 3 heterocycles. The number of aromatic nitrogens is 3. The first-order valence-corrected chi connectivity index (χ1v) is 19.8. The number of carbonyl (C=O) groups is 1. The molecule has 6 rings (SSSR count). The summed E-state index contributed by atoms with van der Waals surface area (Å²) in [6.45, 7) is 4.99. The molecule has 55 heavy (non-hydrogen) atoms. The maximum absolute atomic E-state index is 13.9. The minimum atomic E-state index is -0.652. The number of pyridine rings is 1. The number of hydrogen-bond acceptors (Lipinski definition) is 7. The van der Waals surface area contributed by atoms with Crippen LogP contribution in [0.3, 0.4) is 0 Å².